The van der Waals surface area contributed by atoms with E-state index in [1.807, 2.05) is 0 Å². The largest absolute Gasteiger partial charge is 0.493 e. The summed E-state index contributed by atoms with van der Waals surface area (Å²) in [6.45, 7) is 5.47. The summed E-state index contributed by atoms with van der Waals surface area (Å²) < 4.78 is 11.6. The van der Waals surface area contributed by atoms with Gasteiger partial charge in [-0.05, 0) is 81.4 Å². The highest BCUT2D eigenvalue weighted by Gasteiger charge is 2.22. The van der Waals surface area contributed by atoms with Crippen molar-refractivity contribution in [1.29, 1.82) is 0 Å². The molecule has 5 nitrogen and oxygen atoms in total. The van der Waals surface area contributed by atoms with Crippen molar-refractivity contribution in [3.63, 3.8) is 0 Å². The van der Waals surface area contributed by atoms with Gasteiger partial charge in [0.15, 0.2) is 0 Å². The van der Waals surface area contributed by atoms with Crippen LogP contribution in [-0.4, -0.2) is 58.5 Å². The van der Waals surface area contributed by atoms with E-state index in [1.165, 1.54) is 24.2 Å². The van der Waals surface area contributed by atoms with E-state index in [2.05, 4.69) is 77.3 Å². The summed E-state index contributed by atoms with van der Waals surface area (Å²) in [6, 6.07) is 17.0. The van der Waals surface area contributed by atoms with Gasteiger partial charge in [-0.1, -0.05) is 0 Å². The van der Waals surface area contributed by atoms with Crippen LogP contribution in [0.1, 0.15) is 12.8 Å². The molecule has 0 amide bonds. The van der Waals surface area contributed by atoms with Gasteiger partial charge in [-0.3, -0.25) is 0 Å². The van der Waals surface area contributed by atoms with Gasteiger partial charge < -0.3 is 24.2 Å². The van der Waals surface area contributed by atoms with E-state index >= 15 is 0 Å². The molecule has 0 radical (unpaired) electrons. The van der Waals surface area contributed by atoms with Crippen LogP contribution in [0.25, 0.3) is 0 Å². The number of benzene rings is 2. The Bertz CT molecular complexity index is 741. The predicted molar refractivity (Wildman–Crippen MR) is 115 cm³/mol. The summed E-state index contributed by atoms with van der Waals surface area (Å²) in [5, 5.41) is 0. The van der Waals surface area contributed by atoms with Gasteiger partial charge in [-0.15, -0.1) is 0 Å². The fourth-order valence-electron chi connectivity index (χ4n) is 3.36. The lowest BCUT2D eigenvalue weighted by Gasteiger charge is -2.22. The third kappa shape index (κ3) is 5.10. The lowest BCUT2D eigenvalue weighted by Crippen LogP contribution is -2.24. The van der Waals surface area contributed by atoms with E-state index < -0.39 is 0 Å². The lowest BCUT2D eigenvalue weighted by atomic mass is 10.3. The first-order valence-electron chi connectivity index (χ1n) is 10.3. The molecular weight excluding hydrogens is 350 g/mol. The average molecular weight is 382 g/mol. The number of anilines is 2. The molecule has 1 aliphatic carbocycles. The maximum Gasteiger partial charge on any atom is 0.119 e. The first-order valence-corrected chi connectivity index (χ1v) is 10.3. The molecule has 5 heteroatoms. The summed E-state index contributed by atoms with van der Waals surface area (Å²) in [5.74, 6) is 2.71. The van der Waals surface area contributed by atoms with E-state index in [1.54, 1.807) is 0 Å². The Kier molecular flexibility index (Phi) is 5.91. The number of rotatable bonds is 9. The van der Waals surface area contributed by atoms with Crippen molar-refractivity contribution < 1.29 is 9.47 Å². The number of nitrogens with zero attached hydrogens (tertiary/aromatic N) is 3. The summed E-state index contributed by atoms with van der Waals surface area (Å²) in [7, 11) is 4.11. The third-order valence-electron chi connectivity index (χ3n) is 5.37. The maximum atomic E-state index is 5.85. The second kappa shape index (κ2) is 8.74. The fraction of sp³-hybridized carbons (Fsp3) is 0.478. The number of hydrogen-bond donors (Lipinski definition) is 0. The summed E-state index contributed by atoms with van der Waals surface area (Å²) >= 11 is 0. The van der Waals surface area contributed by atoms with Crippen LogP contribution in [0, 0.1) is 5.92 Å². The molecule has 4 rings (SSSR count). The van der Waals surface area contributed by atoms with Crippen LogP contribution in [0.4, 0.5) is 11.4 Å². The van der Waals surface area contributed by atoms with Crippen LogP contribution in [0.5, 0.6) is 11.5 Å². The zero-order valence-electron chi connectivity index (χ0n) is 17.0. The second-order valence-corrected chi connectivity index (χ2v) is 8.06. The minimum atomic E-state index is 0.713. The molecule has 0 N–H and O–H groups in total. The van der Waals surface area contributed by atoms with Gasteiger partial charge in [0.25, 0.3) is 0 Å². The summed E-state index contributed by atoms with van der Waals surface area (Å²) in [5.41, 5.74) is 2.50. The minimum Gasteiger partial charge on any atom is -0.493 e. The van der Waals surface area contributed by atoms with Gasteiger partial charge in [0.1, 0.15) is 18.1 Å². The van der Waals surface area contributed by atoms with Crippen LogP contribution in [-0.2, 0) is 0 Å². The molecule has 2 aromatic rings. The van der Waals surface area contributed by atoms with Gasteiger partial charge in [-0.2, -0.15) is 0 Å². The predicted octanol–water partition coefficient (Wildman–Crippen LogP) is 3.70. The Labute approximate surface area is 168 Å². The van der Waals surface area contributed by atoms with Crippen LogP contribution >= 0.6 is 0 Å². The fourth-order valence-corrected chi connectivity index (χ4v) is 3.36. The Morgan fingerprint density at radius 2 is 1.36 bits per heavy atom. The van der Waals surface area contributed by atoms with E-state index in [9.17, 15) is 0 Å². The minimum absolute atomic E-state index is 0.713. The molecule has 0 spiro atoms. The Morgan fingerprint density at radius 3 is 1.86 bits per heavy atom. The van der Waals surface area contributed by atoms with Crippen molar-refractivity contribution in [2.75, 3.05) is 63.4 Å². The molecule has 0 unspecified atom stereocenters. The summed E-state index contributed by atoms with van der Waals surface area (Å²) in [4.78, 5) is 6.94. The molecule has 2 fully saturated rings. The van der Waals surface area contributed by atoms with Crippen LogP contribution in [0.3, 0.4) is 0 Å². The van der Waals surface area contributed by atoms with E-state index in [0.29, 0.717) is 6.61 Å². The first kappa shape index (κ1) is 18.9. The molecule has 2 aromatic carbocycles. The van der Waals surface area contributed by atoms with Gasteiger partial charge in [0.05, 0.1) is 13.3 Å². The molecule has 28 heavy (non-hydrogen) atoms. The summed E-state index contributed by atoms with van der Waals surface area (Å²) in [6.07, 6.45) is 2.65. The highest BCUT2D eigenvalue weighted by atomic mass is 16.5. The monoisotopic (exact) mass is 381 g/mol. The number of ether oxygens (including phenoxy) is 2. The van der Waals surface area contributed by atoms with Crippen molar-refractivity contribution in [3.05, 3.63) is 48.5 Å². The third-order valence-corrected chi connectivity index (χ3v) is 5.37. The van der Waals surface area contributed by atoms with E-state index in [4.69, 9.17) is 9.47 Å². The SMILES string of the molecule is CN(C)CCOc1ccc(N2CCN(c3ccc(OCC4CC4)cc3)C2)cc1. The zero-order valence-corrected chi connectivity index (χ0v) is 17.0. The lowest BCUT2D eigenvalue weighted by molar-refractivity contribution is 0.261. The van der Waals surface area contributed by atoms with Crippen LogP contribution < -0.4 is 19.3 Å². The molecular formula is C23H31N3O2. The van der Waals surface area contributed by atoms with Crippen molar-refractivity contribution in [2.24, 2.45) is 5.92 Å². The topological polar surface area (TPSA) is 28.2 Å². The number of hydrogen-bond acceptors (Lipinski definition) is 5. The zero-order chi connectivity index (χ0) is 19.3. The molecule has 0 aromatic heterocycles. The molecule has 1 saturated carbocycles. The molecule has 0 atom stereocenters. The van der Waals surface area contributed by atoms with Crippen molar-refractivity contribution >= 4 is 11.4 Å². The molecule has 1 aliphatic heterocycles. The second-order valence-electron chi connectivity index (χ2n) is 8.06. The van der Waals surface area contributed by atoms with Gasteiger partial charge >= 0.3 is 0 Å². The van der Waals surface area contributed by atoms with Crippen LogP contribution in [0.15, 0.2) is 48.5 Å². The average Bonchev–Trinajstić information content (AvgIpc) is 3.41. The molecule has 0 bridgehead atoms. The molecule has 2 aliphatic rings. The van der Waals surface area contributed by atoms with Gasteiger partial charge in [-0.25, -0.2) is 0 Å². The van der Waals surface area contributed by atoms with Crippen molar-refractivity contribution in [3.8, 4) is 11.5 Å². The quantitative estimate of drug-likeness (QED) is 0.660. The van der Waals surface area contributed by atoms with E-state index in [0.717, 1.165) is 50.3 Å². The van der Waals surface area contributed by atoms with Crippen molar-refractivity contribution in [1.82, 2.24) is 4.90 Å². The highest BCUT2D eigenvalue weighted by Crippen LogP contribution is 2.30. The molecule has 1 saturated heterocycles. The smallest absolute Gasteiger partial charge is 0.119 e. The normalized spacial score (nSPS) is 16.7. The van der Waals surface area contributed by atoms with Crippen LogP contribution in [0.2, 0.25) is 0 Å². The van der Waals surface area contributed by atoms with Crippen molar-refractivity contribution in [2.45, 2.75) is 12.8 Å². The standard InChI is InChI=1S/C23H31N3O2/c1-24(2)15-16-27-22-9-5-20(6-10-22)25-13-14-26(18-25)21-7-11-23(12-8-21)28-17-19-3-4-19/h5-12,19H,3-4,13-18H2,1-2H3. The number of likely N-dealkylation sites (N-methyl/N-ethyl adjacent to an activating group) is 1. The van der Waals surface area contributed by atoms with Gasteiger partial charge in [0, 0.05) is 31.0 Å². The van der Waals surface area contributed by atoms with Gasteiger partial charge in [0.2, 0.25) is 0 Å². The molecule has 150 valence electrons. The Morgan fingerprint density at radius 1 is 0.821 bits per heavy atom. The molecule has 1 heterocycles. The Balaban J connectivity index is 1.28. The Hall–Kier alpha value is -2.40. The van der Waals surface area contributed by atoms with E-state index in [-0.39, 0.29) is 0 Å². The highest BCUT2D eigenvalue weighted by molar-refractivity contribution is 5.56. The maximum absolute atomic E-state index is 5.85. The first-order chi connectivity index (χ1) is 13.7.